The highest BCUT2D eigenvalue weighted by molar-refractivity contribution is 7.95. The summed E-state index contributed by atoms with van der Waals surface area (Å²) in [6.07, 6.45) is 5.83. The molecular formula is C21H22N4O2S. The lowest BCUT2D eigenvalue weighted by Gasteiger charge is -2.12. The molecule has 28 heavy (non-hydrogen) atoms. The van der Waals surface area contributed by atoms with Crippen LogP contribution in [0.3, 0.4) is 0 Å². The number of benzene rings is 2. The summed E-state index contributed by atoms with van der Waals surface area (Å²) < 4.78 is 30.0. The molecule has 2 aromatic carbocycles. The van der Waals surface area contributed by atoms with E-state index in [0.29, 0.717) is 11.5 Å². The van der Waals surface area contributed by atoms with Crippen molar-refractivity contribution in [2.75, 3.05) is 4.72 Å². The predicted molar refractivity (Wildman–Crippen MR) is 111 cm³/mol. The molecule has 1 aromatic heterocycles. The van der Waals surface area contributed by atoms with Gasteiger partial charge >= 0.3 is 0 Å². The molecule has 6 nitrogen and oxygen atoms in total. The number of anilines is 1. The molecule has 0 unspecified atom stereocenters. The lowest BCUT2D eigenvalue weighted by atomic mass is 10.1. The summed E-state index contributed by atoms with van der Waals surface area (Å²) >= 11 is 0. The van der Waals surface area contributed by atoms with E-state index in [2.05, 4.69) is 19.5 Å². The quantitative estimate of drug-likeness (QED) is 0.707. The number of fused-ring (bicyclic) bond motifs is 1. The standard InChI is InChI=1S/C21H22N4O2S/c26-28(27,16-14-17-9-3-1-4-10-17)24-19-12-7-6-11-18(19)21-23-22-20-13-5-2-8-15-25(20)21/h1,3-4,6-7,9-12,14,16,24H,2,5,8,13,15H2/b16-14+. The van der Waals surface area contributed by atoms with E-state index >= 15 is 0 Å². The van der Waals surface area contributed by atoms with E-state index in [1.165, 1.54) is 11.8 Å². The highest BCUT2D eigenvalue weighted by atomic mass is 32.2. The average molecular weight is 395 g/mol. The Hall–Kier alpha value is -2.93. The molecule has 0 bridgehead atoms. The number of nitrogens with one attached hydrogen (secondary N) is 1. The second-order valence-electron chi connectivity index (χ2n) is 6.81. The number of hydrogen-bond acceptors (Lipinski definition) is 4. The molecule has 0 radical (unpaired) electrons. The van der Waals surface area contributed by atoms with Gasteiger partial charge in [-0.3, -0.25) is 4.72 Å². The fourth-order valence-electron chi connectivity index (χ4n) is 3.37. The summed E-state index contributed by atoms with van der Waals surface area (Å²) in [6.45, 7) is 0.854. The first-order valence-corrected chi connectivity index (χ1v) is 10.9. The first-order valence-electron chi connectivity index (χ1n) is 9.40. The van der Waals surface area contributed by atoms with Gasteiger partial charge in [0.15, 0.2) is 5.82 Å². The molecular weight excluding hydrogens is 372 g/mol. The van der Waals surface area contributed by atoms with E-state index in [9.17, 15) is 8.42 Å². The first-order chi connectivity index (χ1) is 13.6. The van der Waals surface area contributed by atoms with Crippen LogP contribution in [0.5, 0.6) is 0 Å². The second-order valence-corrected chi connectivity index (χ2v) is 8.37. The molecule has 2 heterocycles. The minimum Gasteiger partial charge on any atom is -0.311 e. The fourth-order valence-corrected chi connectivity index (χ4v) is 4.26. The Morgan fingerprint density at radius 1 is 0.929 bits per heavy atom. The summed E-state index contributed by atoms with van der Waals surface area (Å²) in [4.78, 5) is 0. The molecule has 1 aliphatic heterocycles. The van der Waals surface area contributed by atoms with Crippen LogP contribution >= 0.6 is 0 Å². The molecule has 144 valence electrons. The Labute approximate surface area is 165 Å². The second kappa shape index (κ2) is 7.98. The van der Waals surface area contributed by atoms with Crippen LogP contribution in [0.4, 0.5) is 5.69 Å². The van der Waals surface area contributed by atoms with Crippen LogP contribution in [-0.4, -0.2) is 23.2 Å². The van der Waals surface area contributed by atoms with Crippen molar-refractivity contribution in [3.8, 4) is 11.4 Å². The Morgan fingerprint density at radius 2 is 1.71 bits per heavy atom. The first kappa shape index (κ1) is 18.4. The van der Waals surface area contributed by atoms with E-state index in [0.717, 1.165) is 42.8 Å². The normalized spacial score (nSPS) is 14.6. The van der Waals surface area contributed by atoms with Gasteiger partial charge in [-0.1, -0.05) is 48.9 Å². The minimum atomic E-state index is -3.66. The number of hydrogen-bond donors (Lipinski definition) is 1. The van der Waals surface area contributed by atoms with Crippen LogP contribution in [0.25, 0.3) is 17.5 Å². The van der Waals surface area contributed by atoms with Gasteiger partial charge in [0.25, 0.3) is 10.0 Å². The van der Waals surface area contributed by atoms with Crippen molar-refractivity contribution in [1.82, 2.24) is 14.8 Å². The molecule has 0 saturated carbocycles. The van der Waals surface area contributed by atoms with E-state index in [4.69, 9.17) is 0 Å². The lowest BCUT2D eigenvalue weighted by molar-refractivity contribution is 0.609. The summed E-state index contributed by atoms with van der Waals surface area (Å²) in [5.41, 5.74) is 2.06. The molecule has 1 aliphatic rings. The van der Waals surface area contributed by atoms with Crippen molar-refractivity contribution in [3.63, 3.8) is 0 Å². The molecule has 0 saturated heterocycles. The van der Waals surface area contributed by atoms with Gasteiger partial charge in [0.1, 0.15) is 5.82 Å². The van der Waals surface area contributed by atoms with Crippen LogP contribution in [0.2, 0.25) is 0 Å². The van der Waals surface area contributed by atoms with Crippen molar-refractivity contribution in [2.45, 2.75) is 32.2 Å². The zero-order valence-corrected chi connectivity index (χ0v) is 16.3. The third-order valence-electron chi connectivity index (χ3n) is 4.77. The average Bonchev–Trinajstić information content (AvgIpc) is 2.95. The molecule has 0 amide bonds. The molecule has 7 heteroatoms. The predicted octanol–water partition coefficient (Wildman–Crippen LogP) is 4.08. The maximum absolute atomic E-state index is 12.6. The van der Waals surface area contributed by atoms with Gasteiger partial charge < -0.3 is 4.57 Å². The topological polar surface area (TPSA) is 76.9 Å². The van der Waals surface area contributed by atoms with Crippen LogP contribution in [-0.2, 0) is 23.0 Å². The summed E-state index contributed by atoms with van der Waals surface area (Å²) in [5.74, 6) is 1.68. The van der Waals surface area contributed by atoms with Gasteiger partial charge in [0.2, 0.25) is 0 Å². The van der Waals surface area contributed by atoms with E-state index in [1.807, 2.05) is 48.5 Å². The summed E-state index contributed by atoms with van der Waals surface area (Å²) in [7, 11) is -3.66. The Morgan fingerprint density at radius 3 is 2.57 bits per heavy atom. The Kier molecular flexibility index (Phi) is 5.25. The van der Waals surface area contributed by atoms with Crippen LogP contribution in [0, 0.1) is 0 Å². The van der Waals surface area contributed by atoms with Crippen molar-refractivity contribution in [1.29, 1.82) is 0 Å². The molecule has 4 rings (SSSR count). The summed E-state index contributed by atoms with van der Waals surface area (Å²) in [6, 6.07) is 16.6. The number of aromatic nitrogens is 3. The van der Waals surface area contributed by atoms with Crippen LogP contribution in [0.1, 0.15) is 30.7 Å². The molecule has 0 atom stereocenters. The van der Waals surface area contributed by atoms with E-state index in [-0.39, 0.29) is 0 Å². The number of aryl methyl sites for hydroxylation is 1. The van der Waals surface area contributed by atoms with Crippen molar-refractivity contribution in [3.05, 3.63) is 71.4 Å². The molecule has 3 aromatic rings. The summed E-state index contributed by atoms with van der Waals surface area (Å²) in [5, 5.41) is 9.87. The van der Waals surface area contributed by atoms with Crippen LogP contribution in [0.15, 0.2) is 60.0 Å². The van der Waals surface area contributed by atoms with Gasteiger partial charge in [0.05, 0.1) is 11.1 Å². The number of rotatable bonds is 5. The highest BCUT2D eigenvalue weighted by Gasteiger charge is 2.19. The molecule has 1 N–H and O–H groups in total. The van der Waals surface area contributed by atoms with Crippen molar-refractivity contribution >= 4 is 21.8 Å². The zero-order valence-electron chi connectivity index (χ0n) is 15.5. The number of sulfonamides is 1. The number of nitrogens with zero attached hydrogens (tertiary/aromatic N) is 3. The third kappa shape index (κ3) is 4.14. The van der Waals surface area contributed by atoms with Crippen molar-refractivity contribution in [2.24, 2.45) is 0 Å². The largest absolute Gasteiger partial charge is 0.311 e. The monoisotopic (exact) mass is 394 g/mol. The lowest BCUT2D eigenvalue weighted by Crippen LogP contribution is -2.11. The highest BCUT2D eigenvalue weighted by Crippen LogP contribution is 2.29. The smallest absolute Gasteiger partial charge is 0.255 e. The Bertz CT molecular complexity index is 1090. The molecule has 0 fully saturated rings. The maximum Gasteiger partial charge on any atom is 0.255 e. The zero-order chi connectivity index (χ0) is 19.4. The van der Waals surface area contributed by atoms with Gasteiger partial charge in [-0.15, -0.1) is 10.2 Å². The molecule has 0 spiro atoms. The van der Waals surface area contributed by atoms with Gasteiger partial charge in [-0.25, -0.2) is 8.42 Å². The SMILES string of the molecule is O=S(=O)(/C=C/c1ccccc1)Nc1ccccc1-c1nnc2n1CCCCC2. The van der Waals surface area contributed by atoms with Gasteiger partial charge in [-0.05, 0) is 36.6 Å². The van der Waals surface area contributed by atoms with Crippen LogP contribution < -0.4 is 4.72 Å². The van der Waals surface area contributed by atoms with Gasteiger partial charge in [-0.2, -0.15) is 0 Å². The molecule has 0 aliphatic carbocycles. The maximum atomic E-state index is 12.6. The van der Waals surface area contributed by atoms with Crippen molar-refractivity contribution < 1.29 is 8.42 Å². The minimum absolute atomic E-state index is 0.500. The fraction of sp³-hybridized carbons (Fsp3) is 0.238. The third-order valence-corrected chi connectivity index (χ3v) is 5.77. The van der Waals surface area contributed by atoms with Gasteiger partial charge in [0, 0.05) is 18.5 Å². The Balaban J connectivity index is 1.64. The van der Waals surface area contributed by atoms with E-state index in [1.54, 1.807) is 12.1 Å². The van der Waals surface area contributed by atoms with E-state index < -0.39 is 10.0 Å². The number of para-hydroxylation sites is 1.